The van der Waals surface area contributed by atoms with Crippen molar-refractivity contribution < 1.29 is 17.9 Å². The number of aromatic nitrogens is 1. The first-order valence-corrected chi connectivity index (χ1v) is 11.9. The van der Waals surface area contributed by atoms with Gasteiger partial charge in [-0.15, -0.1) is 0 Å². The molecule has 1 heterocycles. The van der Waals surface area contributed by atoms with Crippen molar-refractivity contribution in [3.63, 3.8) is 0 Å². The number of sulfone groups is 1. The van der Waals surface area contributed by atoms with Gasteiger partial charge in [0.25, 0.3) is 0 Å². The molecule has 0 radical (unpaired) electrons. The van der Waals surface area contributed by atoms with Gasteiger partial charge in [0, 0.05) is 22.5 Å². The van der Waals surface area contributed by atoms with Crippen LogP contribution >= 0.6 is 11.6 Å². The molecular formula is C24H22ClN3O4S. The summed E-state index contributed by atoms with van der Waals surface area (Å²) in [6.07, 6.45) is 0. The molecule has 4 rings (SSSR count). The van der Waals surface area contributed by atoms with Gasteiger partial charge < -0.3 is 20.4 Å². The summed E-state index contributed by atoms with van der Waals surface area (Å²) in [7, 11) is -2.40. The fourth-order valence-electron chi connectivity index (χ4n) is 3.73. The van der Waals surface area contributed by atoms with E-state index in [4.69, 9.17) is 22.1 Å². The molecule has 33 heavy (non-hydrogen) atoms. The number of nitrogens with one attached hydrogen (secondary N) is 1. The van der Waals surface area contributed by atoms with Gasteiger partial charge >= 0.3 is 0 Å². The van der Waals surface area contributed by atoms with Gasteiger partial charge in [0.05, 0.1) is 18.6 Å². The maximum atomic E-state index is 13.8. The van der Waals surface area contributed by atoms with Gasteiger partial charge in [-0.25, -0.2) is 8.42 Å². The van der Waals surface area contributed by atoms with E-state index in [2.05, 4.69) is 4.98 Å². The molecule has 0 saturated heterocycles. The highest BCUT2D eigenvalue weighted by Crippen LogP contribution is 2.38. The van der Waals surface area contributed by atoms with Crippen LogP contribution in [-0.4, -0.2) is 33.0 Å². The zero-order chi connectivity index (χ0) is 23.6. The predicted molar refractivity (Wildman–Crippen MR) is 128 cm³/mol. The van der Waals surface area contributed by atoms with E-state index in [1.165, 1.54) is 12.1 Å². The molecule has 3 aromatic carbocycles. The van der Waals surface area contributed by atoms with E-state index >= 15 is 0 Å². The van der Waals surface area contributed by atoms with E-state index in [0.29, 0.717) is 21.7 Å². The number of amides is 1. The van der Waals surface area contributed by atoms with Crippen molar-refractivity contribution in [2.75, 3.05) is 18.6 Å². The first-order chi connectivity index (χ1) is 15.8. The lowest BCUT2D eigenvalue weighted by Gasteiger charge is -2.24. The molecule has 0 atom stereocenters. The third kappa shape index (κ3) is 4.67. The molecule has 0 aliphatic carbocycles. The van der Waals surface area contributed by atoms with Crippen molar-refractivity contribution in [1.29, 1.82) is 0 Å². The second-order valence-corrected chi connectivity index (χ2v) is 9.81. The number of carbonyl (C=O) groups is 1. The standard InChI is InChI=1S/C24H22ClN3O4S/c1-32-18-7-5-6-16(12-18)14-28(15-22(26)29)24-23(20-13-17(25)10-11-21(20)27-24)33(30,31)19-8-3-2-4-9-19/h2-13,27H,14-15H2,1H3,(H2,26,29). The highest BCUT2D eigenvalue weighted by Gasteiger charge is 2.30. The largest absolute Gasteiger partial charge is 0.497 e. The quantitative estimate of drug-likeness (QED) is 0.391. The van der Waals surface area contributed by atoms with E-state index in [1.54, 1.807) is 54.5 Å². The first-order valence-electron chi connectivity index (χ1n) is 10.1. The maximum absolute atomic E-state index is 13.8. The number of hydrogen-bond acceptors (Lipinski definition) is 5. The number of ether oxygens (including phenoxy) is 1. The number of rotatable bonds is 8. The molecule has 0 spiro atoms. The zero-order valence-electron chi connectivity index (χ0n) is 17.8. The minimum atomic E-state index is -3.96. The monoisotopic (exact) mass is 483 g/mol. The van der Waals surface area contributed by atoms with Crippen LogP contribution in [0.3, 0.4) is 0 Å². The highest BCUT2D eigenvalue weighted by atomic mass is 35.5. The molecule has 0 aliphatic heterocycles. The van der Waals surface area contributed by atoms with Crippen LogP contribution in [0.1, 0.15) is 5.56 Å². The van der Waals surface area contributed by atoms with Crippen LogP contribution in [0.25, 0.3) is 10.9 Å². The van der Waals surface area contributed by atoms with Crippen molar-refractivity contribution in [3.05, 3.63) is 83.4 Å². The number of halogens is 1. The predicted octanol–water partition coefficient (Wildman–Crippen LogP) is 4.15. The summed E-state index contributed by atoms with van der Waals surface area (Å²) >= 11 is 6.21. The minimum absolute atomic E-state index is 0.0374. The van der Waals surface area contributed by atoms with Crippen LogP contribution in [0.2, 0.25) is 5.02 Å². The molecule has 0 fully saturated rings. The van der Waals surface area contributed by atoms with Gasteiger partial charge in [-0.05, 0) is 48.0 Å². The van der Waals surface area contributed by atoms with E-state index in [-0.39, 0.29) is 28.7 Å². The fraction of sp³-hybridized carbons (Fsp3) is 0.125. The van der Waals surface area contributed by atoms with E-state index in [9.17, 15) is 13.2 Å². The van der Waals surface area contributed by atoms with Gasteiger partial charge in [-0.2, -0.15) is 0 Å². The molecule has 1 aromatic heterocycles. The number of methoxy groups -OCH3 is 1. The first kappa shape index (κ1) is 22.7. The van der Waals surface area contributed by atoms with Crippen molar-refractivity contribution in [2.24, 2.45) is 5.73 Å². The van der Waals surface area contributed by atoms with Crippen LogP contribution in [-0.2, 0) is 21.2 Å². The summed E-state index contributed by atoms with van der Waals surface area (Å²) in [6, 6.07) is 20.4. The fourth-order valence-corrected chi connectivity index (χ4v) is 5.55. The third-order valence-electron chi connectivity index (χ3n) is 5.19. The topological polar surface area (TPSA) is 105 Å². The Bertz CT molecular complexity index is 1420. The number of aromatic amines is 1. The summed E-state index contributed by atoms with van der Waals surface area (Å²) in [5.41, 5.74) is 6.93. The Balaban J connectivity index is 1.93. The van der Waals surface area contributed by atoms with Crippen molar-refractivity contribution >= 4 is 44.1 Å². The number of anilines is 1. The average Bonchev–Trinajstić information content (AvgIpc) is 3.18. The molecule has 0 aliphatic rings. The van der Waals surface area contributed by atoms with E-state index < -0.39 is 15.7 Å². The summed E-state index contributed by atoms with van der Waals surface area (Å²) < 4.78 is 32.8. The van der Waals surface area contributed by atoms with Crippen molar-refractivity contribution in [2.45, 2.75) is 16.3 Å². The van der Waals surface area contributed by atoms with E-state index in [1.807, 2.05) is 18.2 Å². The zero-order valence-corrected chi connectivity index (χ0v) is 19.4. The van der Waals surface area contributed by atoms with Gasteiger partial charge in [0.15, 0.2) is 0 Å². The van der Waals surface area contributed by atoms with Gasteiger partial charge in [0.1, 0.15) is 16.5 Å². The second-order valence-electron chi connectivity index (χ2n) is 7.48. The molecule has 0 saturated carbocycles. The number of nitrogens with zero attached hydrogens (tertiary/aromatic N) is 1. The summed E-state index contributed by atoms with van der Waals surface area (Å²) in [5.74, 6) is 0.308. The molecule has 4 aromatic rings. The number of nitrogens with two attached hydrogens (primary N) is 1. The van der Waals surface area contributed by atoms with Gasteiger partial charge in [-0.3, -0.25) is 4.79 Å². The summed E-state index contributed by atoms with van der Waals surface area (Å²) in [5, 5.41) is 0.827. The molecule has 3 N–H and O–H groups in total. The normalized spacial score (nSPS) is 11.5. The number of primary amides is 1. The molecule has 170 valence electrons. The molecule has 7 nitrogen and oxygen atoms in total. The number of carbonyl (C=O) groups excluding carboxylic acids is 1. The summed E-state index contributed by atoms with van der Waals surface area (Å²) in [6.45, 7) is 0.0209. The smallest absolute Gasteiger partial charge is 0.237 e. The Morgan fingerprint density at radius 3 is 2.52 bits per heavy atom. The Morgan fingerprint density at radius 2 is 1.82 bits per heavy atom. The molecule has 9 heteroatoms. The van der Waals surface area contributed by atoms with Crippen LogP contribution in [0.5, 0.6) is 5.75 Å². The van der Waals surface area contributed by atoms with Crippen LogP contribution in [0.4, 0.5) is 5.82 Å². The molecule has 0 bridgehead atoms. The van der Waals surface area contributed by atoms with E-state index in [0.717, 1.165) is 5.56 Å². The average molecular weight is 484 g/mol. The number of fused-ring (bicyclic) bond motifs is 1. The molecular weight excluding hydrogens is 462 g/mol. The van der Waals surface area contributed by atoms with Crippen LogP contribution in [0, 0.1) is 0 Å². The lowest BCUT2D eigenvalue weighted by atomic mass is 10.2. The van der Waals surface area contributed by atoms with Crippen molar-refractivity contribution in [3.8, 4) is 5.75 Å². The molecule has 0 unspecified atom stereocenters. The Labute approximate surface area is 196 Å². The molecule has 1 amide bonds. The Hall–Kier alpha value is -3.49. The maximum Gasteiger partial charge on any atom is 0.237 e. The Kier molecular flexibility index (Phi) is 6.31. The Morgan fingerprint density at radius 1 is 1.06 bits per heavy atom. The van der Waals surface area contributed by atoms with Crippen molar-refractivity contribution in [1.82, 2.24) is 4.98 Å². The number of hydrogen-bond donors (Lipinski definition) is 2. The van der Waals surface area contributed by atoms with Gasteiger partial charge in [0.2, 0.25) is 15.7 Å². The SMILES string of the molecule is COc1cccc(CN(CC(N)=O)c2[nH]c3ccc(Cl)cc3c2S(=O)(=O)c2ccccc2)c1. The van der Waals surface area contributed by atoms with Crippen LogP contribution in [0.15, 0.2) is 82.6 Å². The third-order valence-corrected chi connectivity index (χ3v) is 7.27. The summed E-state index contributed by atoms with van der Waals surface area (Å²) in [4.78, 5) is 16.9. The highest BCUT2D eigenvalue weighted by molar-refractivity contribution is 7.92. The van der Waals surface area contributed by atoms with Gasteiger partial charge in [-0.1, -0.05) is 41.9 Å². The lowest BCUT2D eigenvalue weighted by Crippen LogP contribution is -2.34. The lowest BCUT2D eigenvalue weighted by molar-refractivity contribution is -0.116. The van der Waals surface area contributed by atoms with Crippen LogP contribution < -0.4 is 15.4 Å². The number of benzene rings is 3. The number of H-pyrrole nitrogens is 1. The minimum Gasteiger partial charge on any atom is -0.497 e. The second kappa shape index (κ2) is 9.17.